The Morgan fingerprint density at radius 2 is 1.29 bits per heavy atom. The van der Waals surface area contributed by atoms with Gasteiger partial charge in [-0.25, -0.2) is 4.98 Å². The van der Waals surface area contributed by atoms with Gasteiger partial charge in [-0.3, -0.25) is 0 Å². The molecule has 10 aromatic rings. The summed E-state index contributed by atoms with van der Waals surface area (Å²) in [7, 11) is 0. The van der Waals surface area contributed by atoms with Crippen molar-refractivity contribution in [2.24, 2.45) is 0 Å². The summed E-state index contributed by atoms with van der Waals surface area (Å²) < 4.78 is 11.4. The van der Waals surface area contributed by atoms with Gasteiger partial charge in [0.25, 0.3) is 0 Å². The van der Waals surface area contributed by atoms with Crippen molar-refractivity contribution in [1.29, 1.82) is 0 Å². The van der Waals surface area contributed by atoms with Gasteiger partial charge in [-0.15, -0.1) is 42.7 Å². The Kier molecular flexibility index (Phi) is 9.61. The van der Waals surface area contributed by atoms with Crippen LogP contribution in [0.2, 0.25) is 0 Å². The van der Waals surface area contributed by atoms with Crippen molar-refractivity contribution in [1.82, 2.24) is 14.1 Å². The topological polar surface area (TPSA) is 38.5 Å². The van der Waals surface area contributed by atoms with Crippen LogP contribution in [0, 0.1) is 39.6 Å². The Bertz CT molecular complexity index is 3330. The maximum Gasteiger partial charge on any atom is 0.135 e. The van der Waals surface area contributed by atoms with E-state index in [9.17, 15) is 0 Å². The number of nitrogens with zero attached hydrogens (tertiary/aromatic N) is 5. The molecule has 0 radical (unpaired) electrons. The Labute approximate surface area is 376 Å². The molecule has 308 valence electrons. The molecule has 0 saturated carbocycles. The maximum absolute atomic E-state index is 6.73. The number of hydrogen-bond donors (Lipinski definition) is 0. The Morgan fingerprint density at radius 3 is 2.06 bits per heavy atom. The number of para-hydroxylation sites is 4. The average Bonchev–Trinajstić information content (AvgIpc) is 3.91. The number of aryl methyl sites for hydroxylation is 3. The quantitative estimate of drug-likeness (QED) is 0.156. The number of ether oxygens (including phenoxy) is 1. The predicted octanol–water partition coefficient (Wildman–Crippen LogP) is 14.3. The first-order valence-electron chi connectivity index (χ1n) is 20.9. The van der Waals surface area contributed by atoms with Crippen LogP contribution in [0.15, 0.2) is 152 Å². The first-order chi connectivity index (χ1) is 29.6. The fourth-order valence-electron chi connectivity index (χ4n) is 9.40. The molecular formula is C55H44N5OPt-3. The average molecular weight is 986 g/mol. The normalized spacial score (nSPS) is 12.7. The smallest absolute Gasteiger partial charge is 0.135 e. The van der Waals surface area contributed by atoms with E-state index in [1.165, 1.54) is 38.7 Å². The minimum atomic E-state index is -0.0651. The van der Waals surface area contributed by atoms with Gasteiger partial charge < -0.3 is 23.7 Å². The molecule has 1 aliphatic heterocycles. The Morgan fingerprint density at radius 1 is 0.597 bits per heavy atom. The van der Waals surface area contributed by atoms with Crippen LogP contribution in [0.5, 0.6) is 11.5 Å². The van der Waals surface area contributed by atoms with Crippen LogP contribution in [0.25, 0.3) is 55.1 Å². The molecule has 0 saturated heterocycles. The molecule has 0 aliphatic carbocycles. The summed E-state index contributed by atoms with van der Waals surface area (Å²) in [6.45, 7) is 15.4. The fourth-order valence-corrected chi connectivity index (χ4v) is 9.40. The molecule has 0 bridgehead atoms. The van der Waals surface area contributed by atoms with Gasteiger partial charge in [0.15, 0.2) is 0 Å². The van der Waals surface area contributed by atoms with Crippen molar-refractivity contribution in [2.75, 3.05) is 9.80 Å². The van der Waals surface area contributed by atoms with E-state index in [-0.39, 0.29) is 26.5 Å². The standard InChI is InChI=1S/C55H44N5O.Pt/c1-35-29-36(2)53(37(3)30-35)58-34-57(47-21-12-13-22-48(47)58)40-17-14-18-41(32-40)61-42-23-24-45-50(33-42)60(51-31-38(27-28-56-51)55(4,5)6)49-26-25-44-43-19-10-11-20-46(43)59(54(44)52(45)49)39-15-8-7-9-16-39;/h7-31,34H,1-6H3;/q-3;. The van der Waals surface area contributed by atoms with E-state index in [1.807, 2.05) is 24.4 Å². The van der Waals surface area contributed by atoms with Crippen LogP contribution in [0.3, 0.4) is 0 Å². The molecule has 0 N–H and O–H groups in total. The van der Waals surface area contributed by atoms with Crippen LogP contribution in [0.1, 0.15) is 43.0 Å². The minimum Gasteiger partial charge on any atom is -0.509 e. The van der Waals surface area contributed by atoms with Crippen LogP contribution in [0.4, 0.5) is 22.7 Å². The van der Waals surface area contributed by atoms with Crippen molar-refractivity contribution >= 4 is 66.4 Å². The number of hydrogen-bond acceptors (Lipinski definition) is 4. The summed E-state index contributed by atoms with van der Waals surface area (Å²) in [6, 6.07) is 58.8. The van der Waals surface area contributed by atoms with E-state index in [4.69, 9.17) is 9.72 Å². The largest absolute Gasteiger partial charge is 0.509 e. The molecule has 0 fully saturated rings. The number of rotatable bonds is 6. The summed E-state index contributed by atoms with van der Waals surface area (Å²) in [4.78, 5) is 9.49. The number of benzene rings is 7. The molecular weight excluding hydrogens is 942 g/mol. The number of pyridine rings is 1. The molecule has 0 spiro atoms. The van der Waals surface area contributed by atoms with Gasteiger partial charge in [-0.2, -0.15) is 12.1 Å². The predicted molar refractivity (Wildman–Crippen MR) is 251 cm³/mol. The molecule has 4 heterocycles. The van der Waals surface area contributed by atoms with E-state index in [0.29, 0.717) is 11.5 Å². The third kappa shape index (κ3) is 6.39. The molecule has 0 unspecified atom stereocenters. The molecule has 6 nitrogen and oxygen atoms in total. The van der Waals surface area contributed by atoms with E-state index in [0.717, 1.165) is 61.4 Å². The minimum absolute atomic E-state index is 0. The summed E-state index contributed by atoms with van der Waals surface area (Å²) in [5.74, 6) is 2.03. The van der Waals surface area contributed by atoms with Gasteiger partial charge in [0, 0.05) is 77.8 Å². The Balaban J connectivity index is 0.00000458. The monoisotopic (exact) mass is 985 g/mol. The van der Waals surface area contributed by atoms with E-state index < -0.39 is 0 Å². The van der Waals surface area contributed by atoms with Crippen molar-refractivity contribution in [3.63, 3.8) is 0 Å². The van der Waals surface area contributed by atoms with Gasteiger partial charge in [0.2, 0.25) is 0 Å². The van der Waals surface area contributed by atoms with Crippen molar-refractivity contribution < 1.29 is 25.8 Å². The zero-order valence-corrected chi connectivity index (χ0v) is 37.7. The summed E-state index contributed by atoms with van der Waals surface area (Å²) >= 11 is 0. The first-order valence-corrected chi connectivity index (χ1v) is 20.9. The number of aromatic nitrogens is 3. The molecule has 62 heavy (non-hydrogen) atoms. The van der Waals surface area contributed by atoms with Crippen molar-refractivity contribution in [3.8, 4) is 23.0 Å². The van der Waals surface area contributed by atoms with Crippen LogP contribution >= 0.6 is 0 Å². The van der Waals surface area contributed by atoms with Gasteiger partial charge in [0.1, 0.15) is 5.82 Å². The third-order valence-electron chi connectivity index (χ3n) is 12.0. The van der Waals surface area contributed by atoms with Crippen LogP contribution in [-0.4, -0.2) is 14.1 Å². The molecule has 7 heteroatoms. The SMILES string of the molecule is Cc1cc(C)c(N2[CH-]N(c3[c-]c(Oc4[c-]c5c(cc4)c4c(ccc6c7ccccc7n(-c7ccccc7)c64)n5-c4cc(C(C)(C)C)ccn4)ccc3)c3ccccc32)c(C)c1.[Pt]. The molecule has 0 amide bonds. The molecule has 3 aromatic heterocycles. The van der Waals surface area contributed by atoms with Crippen molar-refractivity contribution in [3.05, 3.63) is 193 Å². The van der Waals surface area contributed by atoms with Gasteiger partial charge >= 0.3 is 0 Å². The summed E-state index contributed by atoms with van der Waals surface area (Å²) in [5, 5.41) is 4.61. The number of anilines is 4. The molecule has 11 rings (SSSR count). The van der Waals surface area contributed by atoms with E-state index in [1.54, 1.807) is 0 Å². The number of fused-ring (bicyclic) bond motifs is 8. The van der Waals surface area contributed by atoms with Gasteiger partial charge in [-0.1, -0.05) is 104 Å². The van der Waals surface area contributed by atoms with Crippen molar-refractivity contribution in [2.45, 2.75) is 47.0 Å². The fraction of sp³-hybridized carbons (Fsp3) is 0.127. The second-order valence-electron chi connectivity index (χ2n) is 17.2. The molecule has 1 aliphatic rings. The van der Waals surface area contributed by atoms with Crippen LogP contribution in [-0.2, 0) is 26.5 Å². The van der Waals surface area contributed by atoms with E-state index in [2.05, 4.69) is 207 Å². The second kappa shape index (κ2) is 15.1. The second-order valence-corrected chi connectivity index (χ2v) is 17.2. The zero-order chi connectivity index (χ0) is 41.6. The maximum atomic E-state index is 6.73. The zero-order valence-electron chi connectivity index (χ0n) is 35.5. The van der Waals surface area contributed by atoms with Gasteiger partial charge in [-0.05, 0) is 96.8 Å². The van der Waals surface area contributed by atoms with Crippen LogP contribution < -0.4 is 14.5 Å². The molecule has 0 atom stereocenters. The summed E-state index contributed by atoms with van der Waals surface area (Å²) in [5.41, 5.74) is 14.5. The Hall–Kier alpha value is -6.62. The van der Waals surface area contributed by atoms with Gasteiger partial charge in [0.05, 0.1) is 11.0 Å². The third-order valence-corrected chi connectivity index (χ3v) is 12.0. The summed E-state index contributed by atoms with van der Waals surface area (Å²) in [6.07, 6.45) is 1.92. The molecule has 7 aromatic carbocycles. The van der Waals surface area contributed by atoms with E-state index >= 15 is 0 Å². The first kappa shape index (κ1) is 39.5.